The Kier molecular flexibility index (Phi) is 4.96. The van der Waals surface area contributed by atoms with Crippen LogP contribution in [-0.4, -0.2) is 13.1 Å². The topological polar surface area (TPSA) is 26.3 Å². The van der Waals surface area contributed by atoms with Gasteiger partial charge in [0.05, 0.1) is 13.0 Å². The molecule has 0 aliphatic carbocycles. The summed E-state index contributed by atoms with van der Waals surface area (Å²) in [4.78, 5) is 11.6. The molecular formula is C13H17FO2. The second kappa shape index (κ2) is 6.26. The van der Waals surface area contributed by atoms with Crippen LogP contribution in [0.3, 0.4) is 0 Å². The number of carbonyl (C=O) groups excluding carboxylic acids is 1. The number of esters is 1. The van der Waals surface area contributed by atoms with Crippen molar-refractivity contribution >= 4 is 5.97 Å². The van der Waals surface area contributed by atoms with E-state index in [9.17, 15) is 9.18 Å². The minimum Gasteiger partial charge on any atom is -0.469 e. The Labute approximate surface area is 95.4 Å². The Morgan fingerprint density at radius 3 is 2.50 bits per heavy atom. The van der Waals surface area contributed by atoms with Crippen molar-refractivity contribution in [2.45, 2.75) is 32.1 Å². The third-order valence-electron chi connectivity index (χ3n) is 2.60. The maximum atomic E-state index is 12.8. The summed E-state index contributed by atoms with van der Waals surface area (Å²) in [6.45, 7) is 2.07. The van der Waals surface area contributed by atoms with Gasteiger partial charge in [0, 0.05) is 0 Å². The van der Waals surface area contributed by atoms with Crippen molar-refractivity contribution in [2.75, 3.05) is 7.11 Å². The molecule has 0 saturated carbocycles. The average Bonchev–Trinajstić information content (AvgIpc) is 2.31. The SMILES string of the molecule is CCCCC(C(=O)OC)c1ccc(F)cc1. The van der Waals surface area contributed by atoms with Gasteiger partial charge in [-0.3, -0.25) is 4.79 Å². The Morgan fingerprint density at radius 1 is 1.38 bits per heavy atom. The van der Waals surface area contributed by atoms with E-state index >= 15 is 0 Å². The Morgan fingerprint density at radius 2 is 2.00 bits per heavy atom. The fraction of sp³-hybridized carbons (Fsp3) is 0.462. The fourth-order valence-electron chi connectivity index (χ4n) is 1.67. The van der Waals surface area contributed by atoms with Gasteiger partial charge in [-0.15, -0.1) is 0 Å². The summed E-state index contributed by atoms with van der Waals surface area (Å²) in [6, 6.07) is 6.04. The van der Waals surface area contributed by atoms with Crippen molar-refractivity contribution in [3.05, 3.63) is 35.6 Å². The maximum Gasteiger partial charge on any atom is 0.313 e. The molecule has 0 bridgehead atoms. The monoisotopic (exact) mass is 224 g/mol. The van der Waals surface area contributed by atoms with E-state index in [2.05, 4.69) is 6.92 Å². The van der Waals surface area contributed by atoms with E-state index < -0.39 is 0 Å². The first-order valence-corrected chi connectivity index (χ1v) is 5.52. The van der Waals surface area contributed by atoms with Crippen molar-refractivity contribution < 1.29 is 13.9 Å². The van der Waals surface area contributed by atoms with Crippen molar-refractivity contribution in [3.63, 3.8) is 0 Å². The summed E-state index contributed by atoms with van der Waals surface area (Å²) in [5.41, 5.74) is 0.821. The number of methoxy groups -OCH3 is 1. The number of carbonyl (C=O) groups is 1. The summed E-state index contributed by atoms with van der Waals surface area (Å²) in [5, 5.41) is 0. The summed E-state index contributed by atoms with van der Waals surface area (Å²) in [7, 11) is 1.38. The predicted octanol–water partition coefficient (Wildman–Crippen LogP) is 3.27. The van der Waals surface area contributed by atoms with Gasteiger partial charge in [-0.2, -0.15) is 0 Å². The number of ether oxygens (including phenoxy) is 1. The van der Waals surface area contributed by atoms with Gasteiger partial charge in [-0.05, 0) is 24.1 Å². The van der Waals surface area contributed by atoms with Gasteiger partial charge in [0.1, 0.15) is 5.82 Å². The molecule has 1 aromatic rings. The average molecular weight is 224 g/mol. The third kappa shape index (κ3) is 3.33. The van der Waals surface area contributed by atoms with E-state index in [0.29, 0.717) is 0 Å². The zero-order valence-corrected chi connectivity index (χ0v) is 9.70. The zero-order chi connectivity index (χ0) is 12.0. The molecule has 0 amide bonds. The van der Waals surface area contributed by atoms with E-state index in [0.717, 1.165) is 24.8 Å². The molecule has 0 saturated heterocycles. The predicted molar refractivity (Wildman–Crippen MR) is 60.7 cm³/mol. The molecule has 0 fully saturated rings. The quantitative estimate of drug-likeness (QED) is 0.717. The molecule has 2 nitrogen and oxygen atoms in total. The van der Waals surface area contributed by atoms with Crippen LogP contribution in [0.1, 0.15) is 37.7 Å². The summed E-state index contributed by atoms with van der Waals surface area (Å²) in [5.74, 6) is -0.812. The van der Waals surface area contributed by atoms with Gasteiger partial charge in [0.15, 0.2) is 0 Å². The Hall–Kier alpha value is -1.38. The molecule has 0 aliphatic heterocycles. The number of hydrogen-bond donors (Lipinski definition) is 0. The molecule has 16 heavy (non-hydrogen) atoms. The minimum atomic E-state index is -0.289. The number of unbranched alkanes of at least 4 members (excludes halogenated alkanes) is 1. The molecule has 0 aliphatic rings. The zero-order valence-electron chi connectivity index (χ0n) is 9.70. The first kappa shape index (κ1) is 12.7. The van der Waals surface area contributed by atoms with E-state index in [1.54, 1.807) is 12.1 Å². The lowest BCUT2D eigenvalue weighted by molar-refractivity contribution is -0.142. The normalized spacial score (nSPS) is 12.2. The summed E-state index contributed by atoms with van der Waals surface area (Å²) >= 11 is 0. The van der Waals surface area contributed by atoms with Crippen LogP contribution < -0.4 is 0 Å². The molecule has 0 N–H and O–H groups in total. The summed E-state index contributed by atoms with van der Waals surface area (Å²) < 4.78 is 17.5. The van der Waals surface area contributed by atoms with E-state index in [1.165, 1.54) is 19.2 Å². The lowest BCUT2D eigenvalue weighted by Crippen LogP contribution is -2.14. The first-order valence-electron chi connectivity index (χ1n) is 5.52. The van der Waals surface area contributed by atoms with Crippen molar-refractivity contribution in [2.24, 2.45) is 0 Å². The number of hydrogen-bond acceptors (Lipinski definition) is 2. The third-order valence-corrected chi connectivity index (χ3v) is 2.60. The number of rotatable bonds is 5. The molecular weight excluding hydrogens is 207 g/mol. The minimum absolute atomic E-state index is 0.250. The van der Waals surface area contributed by atoms with Crippen LogP contribution in [0.2, 0.25) is 0 Å². The number of halogens is 1. The van der Waals surface area contributed by atoms with Gasteiger partial charge in [0.25, 0.3) is 0 Å². The highest BCUT2D eigenvalue weighted by Crippen LogP contribution is 2.23. The Bertz CT molecular complexity index is 332. The second-order valence-corrected chi connectivity index (χ2v) is 3.77. The standard InChI is InChI=1S/C13H17FO2/c1-3-4-5-12(13(15)16-2)10-6-8-11(14)9-7-10/h6-9,12H,3-5H2,1-2H3. The summed E-state index contributed by atoms with van der Waals surface area (Å²) in [6.07, 6.45) is 2.72. The second-order valence-electron chi connectivity index (χ2n) is 3.77. The molecule has 1 atom stereocenters. The van der Waals surface area contributed by atoms with Crippen LogP contribution in [0, 0.1) is 5.82 Å². The molecule has 0 heterocycles. The molecule has 0 radical (unpaired) electrons. The van der Waals surface area contributed by atoms with Crippen molar-refractivity contribution in [3.8, 4) is 0 Å². The lowest BCUT2D eigenvalue weighted by atomic mass is 9.94. The smallest absolute Gasteiger partial charge is 0.313 e. The fourth-order valence-corrected chi connectivity index (χ4v) is 1.67. The van der Waals surface area contributed by atoms with Crippen LogP contribution in [-0.2, 0) is 9.53 Å². The van der Waals surface area contributed by atoms with E-state index in [4.69, 9.17) is 4.74 Å². The molecule has 1 unspecified atom stereocenters. The van der Waals surface area contributed by atoms with Crippen LogP contribution in [0.25, 0.3) is 0 Å². The van der Waals surface area contributed by atoms with Crippen molar-refractivity contribution in [1.29, 1.82) is 0 Å². The van der Waals surface area contributed by atoms with E-state index in [-0.39, 0.29) is 17.7 Å². The van der Waals surface area contributed by atoms with Crippen LogP contribution in [0.5, 0.6) is 0 Å². The molecule has 1 rings (SSSR count). The highest BCUT2D eigenvalue weighted by Gasteiger charge is 2.20. The molecule has 0 aromatic heterocycles. The van der Waals surface area contributed by atoms with Crippen LogP contribution in [0.15, 0.2) is 24.3 Å². The highest BCUT2D eigenvalue weighted by molar-refractivity contribution is 5.77. The van der Waals surface area contributed by atoms with Crippen LogP contribution in [0.4, 0.5) is 4.39 Å². The van der Waals surface area contributed by atoms with Crippen molar-refractivity contribution in [1.82, 2.24) is 0 Å². The molecule has 88 valence electrons. The number of benzene rings is 1. The van der Waals surface area contributed by atoms with E-state index in [1.807, 2.05) is 0 Å². The largest absolute Gasteiger partial charge is 0.469 e. The van der Waals surface area contributed by atoms with Gasteiger partial charge >= 0.3 is 5.97 Å². The molecule has 1 aromatic carbocycles. The lowest BCUT2D eigenvalue weighted by Gasteiger charge is -2.14. The molecule has 0 spiro atoms. The molecule has 3 heteroatoms. The van der Waals surface area contributed by atoms with Gasteiger partial charge in [0.2, 0.25) is 0 Å². The van der Waals surface area contributed by atoms with Gasteiger partial charge in [-0.25, -0.2) is 4.39 Å². The van der Waals surface area contributed by atoms with Gasteiger partial charge in [-0.1, -0.05) is 31.9 Å². The van der Waals surface area contributed by atoms with Crippen LogP contribution >= 0.6 is 0 Å². The first-order chi connectivity index (χ1) is 7.69. The Balaban J connectivity index is 2.82. The highest BCUT2D eigenvalue weighted by atomic mass is 19.1. The maximum absolute atomic E-state index is 12.8. The van der Waals surface area contributed by atoms with Gasteiger partial charge < -0.3 is 4.74 Å².